The van der Waals surface area contributed by atoms with Crippen molar-refractivity contribution in [2.24, 2.45) is 0 Å². The highest BCUT2D eigenvalue weighted by atomic mass is 32.1. The Hall–Kier alpha value is -1.19. The molecule has 0 radical (unpaired) electrons. The molecule has 2 nitrogen and oxygen atoms in total. The highest BCUT2D eigenvalue weighted by molar-refractivity contribution is 7.05. The molecule has 0 aliphatic rings. The molecular weight excluding hydrogens is 242 g/mol. The number of nitrogens with zero attached hydrogens (tertiary/aromatic N) is 1. The number of aliphatic hydroxyl groups excluding tert-OH is 1. The summed E-state index contributed by atoms with van der Waals surface area (Å²) in [6.45, 7) is 2.22. The summed E-state index contributed by atoms with van der Waals surface area (Å²) in [4.78, 5) is 0.897. The number of aryl methyl sites for hydroxylation is 1. The summed E-state index contributed by atoms with van der Waals surface area (Å²) < 4.78 is 4.02. The van der Waals surface area contributed by atoms with Crippen LogP contribution in [0, 0.1) is 0 Å². The van der Waals surface area contributed by atoms with Gasteiger partial charge in [-0.3, -0.25) is 0 Å². The summed E-state index contributed by atoms with van der Waals surface area (Å²) >= 11 is 1.35. The molecule has 0 unspecified atom stereocenters. The third-order valence-corrected chi connectivity index (χ3v) is 3.89. The molecule has 2 aromatic rings. The molecule has 1 aromatic heterocycles. The molecule has 0 aliphatic heterocycles. The zero-order valence-corrected chi connectivity index (χ0v) is 11.5. The Morgan fingerprint density at radius 1 is 1.17 bits per heavy atom. The minimum Gasteiger partial charge on any atom is -0.383 e. The van der Waals surface area contributed by atoms with Crippen molar-refractivity contribution in [1.82, 2.24) is 4.37 Å². The number of rotatable bonds is 6. The first-order chi connectivity index (χ1) is 8.81. The largest absolute Gasteiger partial charge is 0.383 e. The van der Waals surface area contributed by atoms with E-state index in [9.17, 15) is 5.11 Å². The van der Waals surface area contributed by atoms with E-state index in [1.165, 1.54) is 36.4 Å². The van der Waals surface area contributed by atoms with E-state index in [2.05, 4.69) is 23.4 Å². The lowest BCUT2D eigenvalue weighted by Crippen LogP contribution is -1.97. The second-order valence-electron chi connectivity index (χ2n) is 4.52. The van der Waals surface area contributed by atoms with Crippen LogP contribution in [0.1, 0.15) is 48.3 Å². The first-order valence-corrected chi connectivity index (χ1v) is 7.26. The van der Waals surface area contributed by atoms with Crippen molar-refractivity contribution in [3.63, 3.8) is 0 Å². The summed E-state index contributed by atoms with van der Waals surface area (Å²) in [5.74, 6) is 0. The van der Waals surface area contributed by atoms with Gasteiger partial charge in [-0.2, -0.15) is 0 Å². The molecule has 0 aliphatic carbocycles. The van der Waals surface area contributed by atoms with Crippen LogP contribution in [-0.2, 0) is 6.42 Å². The SMILES string of the molecule is CCCCCc1ccc([C@@H](O)c2ccns2)cc1. The molecule has 1 aromatic carbocycles. The lowest BCUT2D eigenvalue weighted by atomic mass is 10.0. The van der Waals surface area contributed by atoms with Gasteiger partial charge >= 0.3 is 0 Å². The van der Waals surface area contributed by atoms with Crippen LogP contribution in [0.3, 0.4) is 0 Å². The van der Waals surface area contributed by atoms with E-state index >= 15 is 0 Å². The smallest absolute Gasteiger partial charge is 0.115 e. The van der Waals surface area contributed by atoms with Crippen LogP contribution in [0.4, 0.5) is 0 Å². The molecule has 1 N–H and O–H groups in total. The van der Waals surface area contributed by atoms with Gasteiger partial charge in [-0.05, 0) is 41.6 Å². The Balaban J connectivity index is 1.99. The molecule has 0 amide bonds. The lowest BCUT2D eigenvalue weighted by molar-refractivity contribution is 0.224. The Labute approximate surface area is 112 Å². The topological polar surface area (TPSA) is 33.1 Å². The molecule has 1 atom stereocenters. The van der Waals surface area contributed by atoms with E-state index in [0.717, 1.165) is 16.9 Å². The summed E-state index contributed by atoms with van der Waals surface area (Å²) in [6, 6.07) is 10.1. The maximum absolute atomic E-state index is 10.2. The summed E-state index contributed by atoms with van der Waals surface area (Å²) in [5.41, 5.74) is 2.29. The quantitative estimate of drug-likeness (QED) is 0.798. The predicted molar refractivity (Wildman–Crippen MR) is 75.8 cm³/mol. The number of aromatic nitrogens is 1. The average molecular weight is 261 g/mol. The van der Waals surface area contributed by atoms with Gasteiger partial charge in [0.05, 0.1) is 4.88 Å². The standard InChI is InChI=1S/C15H19NOS/c1-2-3-4-5-12-6-8-13(9-7-12)15(17)14-10-11-16-18-14/h6-11,15,17H,2-5H2,1H3/t15-/m1/s1. The van der Waals surface area contributed by atoms with Crippen molar-refractivity contribution in [1.29, 1.82) is 0 Å². The number of hydrogen-bond acceptors (Lipinski definition) is 3. The maximum atomic E-state index is 10.2. The average Bonchev–Trinajstić information content (AvgIpc) is 2.93. The minimum absolute atomic E-state index is 0.540. The van der Waals surface area contributed by atoms with Crippen molar-refractivity contribution in [2.75, 3.05) is 0 Å². The van der Waals surface area contributed by atoms with E-state index in [0.29, 0.717) is 0 Å². The van der Waals surface area contributed by atoms with Gasteiger partial charge in [-0.15, -0.1) is 0 Å². The molecule has 3 heteroatoms. The van der Waals surface area contributed by atoms with Crippen molar-refractivity contribution < 1.29 is 5.11 Å². The second-order valence-corrected chi connectivity index (χ2v) is 5.38. The van der Waals surface area contributed by atoms with Crippen molar-refractivity contribution in [3.8, 4) is 0 Å². The van der Waals surface area contributed by atoms with Gasteiger partial charge in [-0.1, -0.05) is 44.0 Å². The van der Waals surface area contributed by atoms with Gasteiger partial charge < -0.3 is 5.11 Å². The normalized spacial score (nSPS) is 12.6. The summed E-state index contributed by atoms with van der Waals surface area (Å²) in [6.07, 6.45) is 6.09. The number of benzene rings is 1. The summed E-state index contributed by atoms with van der Waals surface area (Å²) in [5, 5.41) is 10.2. The second kappa shape index (κ2) is 6.66. The monoisotopic (exact) mass is 261 g/mol. The third kappa shape index (κ3) is 3.40. The molecule has 0 saturated carbocycles. The van der Waals surface area contributed by atoms with Crippen LogP contribution in [-0.4, -0.2) is 9.48 Å². The van der Waals surface area contributed by atoms with Crippen LogP contribution in [0.25, 0.3) is 0 Å². The number of unbranched alkanes of at least 4 members (excludes halogenated alkanes) is 2. The van der Waals surface area contributed by atoms with Gasteiger partial charge in [-0.25, -0.2) is 4.37 Å². The van der Waals surface area contributed by atoms with E-state index in [1.54, 1.807) is 6.20 Å². The molecule has 96 valence electrons. The van der Waals surface area contributed by atoms with Crippen LogP contribution in [0.5, 0.6) is 0 Å². The maximum Gasteiger partial charge on any atom is 0.115 e. The summed E-state index contributed by atoms with van der Waals surface area (Å²) in [7, 11) is 0. The highest BCUT2D eigenvalue weighted by Crippen LogP contribution is 2.24. The van der Waals surface area contributed by atoms with Crippen LogP contribution >= 0.6 is 11.5 Å². The molecule has 0 saturated heterocycles. The fraction of sp³-hybridized carbons (Fsp3) is 0.400. The van der Waals surface area contributed by atoms with E-state index < -0.39 is 6.10 Å². The number of hydrogen-bond donors (Lipinski definition) is 1. The zero-order chi connectivity index (χ0) is 12.8. The Bertz CT molecular complexity index is 450. The first-order valence-electron chi connectivity index (χ1n) is 6.48. The molecule has 0 spiro atoms. The van der Waals surface area contributed by atoms with Crippen LogP contribution < -0.4 is 0 Å². The van der Waals surface area contributed by atoms with E-state index in [1.807, 2.05) is 18.2 Å². The first kappa shape index (κ1) is 13.2. The fourth-order valence-corrected chi connectivity index (χ4v) is 2.58. The zero-order valence-electron chi connectivity index (χ0n) is 10.7. The van der Waals surface area contributed by atoms with Gasteiger partial charge in [0.15, 0.2) is 0 Å². The van der Waals surface area contributed by atoms with Crippen LogP contribution in [0.15, 0.2) is 36.5 Å². The van der Waals surface area contributed by atoms with Crippen LogP contribution in [0.2, 0.25) is 0 Å². The minimum atomic E-state index is -0.540. The van der Waals surface area contributed by atoms with Gasteiger partial charge in [0.2, 0.25) is 0 Å². The van der Waals surface area contributed by atoms with Crippen molar-refractivity contribution >= 4 is 11.5 Å². The van der Waals surface area contributed by atoms with Crippen molar-refractivity contribution in [3.05, 3.63) is 52.5 Å². The third-order valence-electron chi connectivity index (χ3n) is 3.09. The Kier molecular flexibility index (Phi) is 4.90. The Morgan fingerprint density at radius 2 is 1.94 bits per heavy atom. The highest BCUT2D eigenvalue weighted by Gasteiger charge is 2.11. The van der Waals surface area contributed by atoms with E-state index in [-0.39, 0.29) is 0 Å². The molecule has 0 bridgehead atoms. The molecule has 18 heavy (non-hydrogen) atoms. The van der Waals surface area contributed by atoms with Gasteiger partial charge in [0, 0.05) is 6.20 Å². The lowest BCUT2D eigenvalue weighted by Gasteiger charge is -2.09. The molecular formula is C15H19NOS. The molecule has 2 rings (SSSR count). The molecule has 1 heterocycles. The van der Waals surface area contributed by atoms with Crippen molar-refractivity contribution in [2.45, 2.75) is 38.7 Å². The van der Waals surface area contributed by atoms with E-state index in [4.69, 9.17) is 0 Å². The molecule has 0 fully saturated rings. The fourth-order valence-electron chi connectivity index (χ4n) is 1.98. The number of aliphatic hydroxyl groups is 1. The Morgan fingerprint density at radius 3 is 2.56 bits per heavy atom. The predicted octanol–water partition coefficient (Wildman–Crippen LogP) is 3.96. The van der Waals surface area contributed by atoms with Gasteiger partial charge in [0.1, 0.15) is 6.10 Å². The van der Waals surface area contributed by atoms with Gasteiger partial charge in [0.25, 0.3) is 0 Å².